The van der Waals surface area contributed by atoms with Gasteiger partial charge in [0.25, 0.3) is 0 Å². The zero-order valence-electron chi connectivity index (χ0n) is 8.64. The smallest absolute Gasteiger partial charge is 0.334 e. The number of rotatable bonds is 1. The molecule has 0 radical (unpaired) electrons. The minimum absolute atomic E-state index is 0.0838. The predicted octanol–water partition coefficient (Wildman–Crippen LogP) is 1.40. The Balaban J connectivity index is 2.40. The number of carbonyl (C=O) groups excluding carboxylic acids is 1. The van der Waals surface area contributed by atoms with Crippen molar-refractivity contribution in [2.75, 3.05) is 0 Å². The Kier molecular flexibility index (Phi) is 2.37. The van der Waals surface area contributed by atoms with Crippen LogP contribution in [0.25, 0.3) is 11.0 Å². The second kappa shape index (κ2) is 3.68. The van der Waals surface area contributed by atoms with E-state index in [4.69, 9.17) is 0 Å². The van der Waals surface area contributed by atoms with Gasteiger partial charge < -0.3 is 5.32 Å². The third kappa shape index (κ3) is 1.81. The average molecular weight is 204 g/mol. The highest BCUT2D eigenvalue weighted by Gasteiger charge is 2.11. The normalized spacial score (nSPS) is 10.9. The Hall–Kier alpha value is -1.91. The molecule has 1 amide bonds. The fraction of sp³-hybridized carbons (Fsp3) is 0.300. The molecule has 0 saturated carbocycles. The number of benzene rings is 1. The van der Waals surface area contributed by atoms with E-state index in [1.807, 2.05) is 38.1 Å². The molecule has 78 valence electrons. The van der Waals surface area contributed by atoms with Gasteiger partial charge in [-0.3, -0.25) is 0 Å². The van der Waals surface area contributed by atoms with Gasteiger partial charge in [0, 0.05) is 6.04 Å². The van der Waals surface area contributed by atoms with Crippen LogP contribution in [-0.2, 0) is 0 Å². The molecule has 0 fully saturated rings. The van der Waals surface area contributed by atoms with Crippen molar-refractivity contribution < 1.29 is 4.79 Å². The molecule has 2 rings (SSSR count). The van der Waals surface area contributed by atoms with Gasteiger partial charge in [-0.1, -0.05) is 17.3 Å². The van der Waals surface area contributed by atoms with Crippen molar-refractivity contribution >= 4 is 17.1 Å². The number of hydrogen-bond donors (Lipinski definition) is 1. The van der Waals surface area contributed by atoms with Crippen LogP contribution in [0.3, 0.4) is 0 Å². The van der Waals surface area contributed by atoms with E-state index < -0.39 is 0 Å². The first kappa shape index (κ1) is 9.64. The highest BCUT2D eigenvalue weighted by atomic mass is 16.2. The lowest BCUT2D eigenvalue weighted by Gasteiger charge is -2.07. The van der Waals surface area contributed by atoms with E-state index in [-0.39, 0.29) is 12.1 Å². The number of fused-ring (bicyclic) bond motifs is 1. The molecule has 0 bridgehead atoms. The van der Waals surface area contributed by atoms with Gasteiger partial charge in [0.15, 0.2) is 0 Å². The Morgan fingerprint density at radius 3 is 2.87 bits per heavy atom. The first-order chi connectivity index (χ1) is 7.18. The summed E-state index contributed by atoms with van der Waals surface area (Å²) in [7, 11) is 0. The number of nitrogens with zero attached hydrogens (tertiary/aromatic N) is 3. The molecule has 1 heterocycles. The van der Waals surface area contributed by atoms with Crippen LogP contribution in [0, 0.1) is 0 Å². The van der Waals surface area contributed by atoms with E-state index in [1.54, 1.807) is 0 Å². The van der Waals surface area contributed by atoms with E-state index in [1.165, 1.54) is 4.68 Å². The third-order valence-corrected chi connectivity index (χ3v) is 1.96. The molecule has 5 nitrogen and oxygen atoms in total. The van der Waals surface area contributed by atoms with Gasteiger partial charge in [0.05, 0.1) is 5.52 Å². The van der Waals surface area contributed by atoms with Crippen molar-refractivity contribution in [3.63, 3.8) is 0 Å². The maximum absolute atomic E-state index is 11.7. The molecule has 1 aromatic carbocycles. The maximum Gasteiger partial charge on any atom is 0.344 e. The molecule has 0 aliphatic rings. The molecule has 1 aromatic heterocycles. The Morgan fingerprint density at radius 1 is 1.40 bits per heavy atom. The summed E-state index contributed by atoms with van der Waals surface area (Å²) in [6, 6.07) is 7.18. The molecule has 1 N–H and O–H groups in total. The second-order valence-electron chi connectivity index (χ2n) is 3.59. The van der Waals surface area contributed by atoms with Crippen LogP contribution in [0.15, 0.2) is 24.3 Å². The number of aromatic nitrogens is 3. The molecule has 0 atom stereocenters. The first-order valence-electron chi connectivity index (χ1n) is 4.80. The summed E-state index contributed by atoms with van der Waals surface area (Å²) >= 11 is 0. The molecule has 15 heavy (non-hydrogen) atoms. The minimum atomic E-state index is -0.251. The zero-order chi connectivity index (χ0) is 10.8. The summed E-state index contributed by atoms with van der Waals surface area (Å²) < 4.78 is 1.27. The topological polar surface area (TPSA) is 59.8 Å². The van der Waals surface area contributed by atoms with Gasteiger partial charge in [-0.2, -0.15) is 4.68 Å². The summed E-state index contributed by atoms with van der Waals surface area (Å²) in [6.07, 6.45) is 0. The van der Waals surface area contributed by atoms with Crippen LogP contribution in [0.2, 0.25) is 0 Å². The second-order valence-corrected chi connectivity index (χ2v) is 3.59. The fourth-order valence-corrected chi connectivity index (χ4v) is 1.33. The van der Waals surface area contributed by atoms with Gasteiger partial charge in [0.2, 0.25) is 0 Å². The number of para-hydroxylation sites is 1. The van der Waals surface area contributed by atoms with Crippen LogP contribution >= 0.6 is 0 Å². The number of amides is 1. The highest BCUT2D eigenvalue weighted by molar-refractivity contribution is 5.87. The quantitative estimate of drug-likeness (QED) is 0.763. The molecule has 0 unspecified atom stereocenters. The largest absolute Gasteiger partial charge is 0.344 e. The predicted molar refractivity (Wildman–Crippen MR) is 56.6 cm³/mol. The van der Waals surface area contributed by atoms with Gasteiger partial charge in [-0.05, 0) is 26.0 Å². The van der Waals surface area contributed by atoms with Crippen LogP contribution < -0.4 is 5.32 Å². The Morgan fingerprint density at radius 2 is 2.13 bits per heavy atom. The van der Waals surface area contributed by atoms with Crippen LogP contribution in [0.1, 0.15) is 13.8 Å². The number of nitrogens with one attached hydrogen (secondary N) is 1. The van der Waals surface area contributed by atoms with Crippen molar-refractivity contribution in [3.8, 4) is 0 Å². The monoisotopic (exact) mass is 204 g/mol. The lowest BCUT2D eigenvalue weighted by Crippen LogP contribution is -2.34. The Bertz CT molecular complexity index is 489. The minimum Gasteiger partial charge on any atom is -0.334 e. The fourth-order valence-electron chi connectivity index (χ4n) is 1.33. The van der Waals surface area contributed by atoms with E-state index in [2.05, 4.69) is 15.6 Å². The van der Waals surface area contributed by atoms with E-state index in [0.717, 1.165) is 11.0 Å². The van der Waals surface area contributed by atoms with Crippen molar-refractivity contribution in [1.82, 2.24) is 20.3 Å². The average Bonchev–Trinajstić information content (AvgIpc) is 2.59. The molecular formula is C10H12N4O. The summed E-state index contributed by atoms with van der Waals surface area (Å²) in [5.74, 6) is 0. The summed E-state index contributed by atoms with van der Waals surface area (Å²) in [4.78, 5) is 11.7. The lowest BCUT2D eigenvalue weighted by atomic mass is 10.3. The van der Waals surface area contributed by atoms with Crippen molar-refractivity contribution in [3.05, 3.63) is 24.3 Å². The van der Waals surface area contributed by atoms with Crippen molar-refractivity contribution in [2.24, 2.45) is 0 Å². The lowest BCUT2D eigenvalue weighted by molar-refractivity contribution is 0.237. The van der Waals surface area contributed by atoms with Gasteiger partial charge in [0.1, 0.15) is 5.52 Å². The molecule has 0 aliphatic heterocycles. The number of hydrogen-bond acceptors (Lipinski definition) is 3. The van der Waals surface area contributed by atoms with E-state index in [9.17, 15) is 4.79 Å². The SMILES string of the molecule is CC(C)NC(=O)n1nnc2ccccc21. The molecule has 2 aromatic rings. The summed E-state index contributed by atoms with van der Waals surface area (Å²) in [5.41, 5.74) is 1.44. The molecular weight excluding hydrogens is 192 g/mol. The molecule has 0 spiro atoms. The van der Waals surface area contributed by atoms with E-state index in [0.29, 0.717) is 0 Å². The van der Waals surface area contributed by atoms with Crippen molar-refractivity contribution in [1.29, 1.82) is 0 Å². The molecule has 0 aliphatic carbocycles. The van der Waals surface area contributed by atoms with E-state index >= 15 is 0 Å². The Labute approximate surface area is 87.1 Å². The third-order valence-electron chi connectivity index (χ3n) is 1.96. The maximum atomic E-state index is 11.7. The molecule has 0 saturated heterocycles. The molecule has 5 heteroatoms. The van der Waals surface area contributed by atoms with Crippen LogP contribution in [-0.4, -0.2) is 27.1 Å². The highest BCUT2D eigenvalue weighted by Crippen LogP contribution is 2.08. The van der Waals surface area contributed by atoms with Crippen molar-refractivity contribution in [2.45, 2.75) is 19.9 Å². The standard InChI is InChI=1S/C10H12N4O/c1-7(2)11-10(15)14-9-6-4-3-5-8(9)12-13-14/h3-7H,1-2H3,(H,11,15). The van der Waals surface area contributed by atoms with Crippen LogP contribution in [0.5, 0.6) is 0 Å². The summed E-state index contributed by atoms with van der Waals surface area (Å²) in [5, 5.41) is 10.5. The first-order valence-corrected chi connectivity index (χ1v) is 4.80. The van der Waals surface area contributed by atoms with Gasteiger partial charge in [-0.15, -0.1) is 5.10 Å². The van der Waals surface area contributed by atoms with Gasteiger partial charge in [-0.25, -0.2) is 4.79 Å². The summed E-state index contributed by atoms with van der Waals surface area (Å²) in [6.45, 7) is 3.80. The number of carbonyl (C=O) groups is 1. The zero-order valence-corrected chi connectivity index (χ0v) is 8.64. The van der Waals surface area contributed by atoms with Gasteiger partial charge >= 0.3 is 6.03 Å². The van der Waals surface area contributed by atoms with Crippen LogP contribution in [0.4, 0.5) is 4.79 Å².